The molecule has 4 nitrogen and oxygen atoms in total. The van der Waals surface area contributed by atoms with Crippen LogP contribution in [0.1, 0.15) is 0 Å². The summed E-state index contributed by atoms with van der Waals surface area (Å²) in [5.41, 5.74) is 0. The molecule has 0 fully saturated rings. The van der Waals surface area contributed by atoms with Crippen LogP contribution < -0.4 is 103 Å². The van der Waals surface area contributed by atoms with Gasteiger partial charge in [0.25, 0.3) is 0 Å². The van der Waals surface area contributed by atoms with Gasteiger partial charge in [-0.1, -0.05) is 0 Å². The van der Waals surface area contributed by atoms with Crippen molar-refractivity contribution >= 4 is 0 Å². The van der Waals surface area contributed by atoms with Crippen LogP contribution in [0.3, 0.4) is 0 Å². The second-order valence-electron chi connectivity index (χ2n) is 0. The molecule has 0 N–H and O–H groups in total. The SMILES string of the molecule is [C-]#N.[C]#N.[C]#N.[C]#N.[K+].[K+].[Ni]. The van der Waals surface area contributed by atoms with Gasteiger partial charge in [0.15, 0.2) is 19.7 Å². The first-order valence-corrected chi connectivity index (χ1v) is 0.894. The monoisotopic (exact) mass is 240 g/mol. The molecular weight excluding hydrogens is 241 g/mol. The Morgan fingerprint density at radius 3 is 0.636 bits per heavy atom. The molecule has 0 spiro atoms. The Labute approximate surface area is 162 Å². The molecule has 47 valence electrons. The van der Waals surface area contributed by atoms with E-state index in [0.29, 0.717) is 0 Å². The van der Waals surface area contributed by atoms with E-state index in [2.05, 4.69) is 0 Å². The average Bonchev–Trinajstić information content (AvgIpc) is 2.03. The van der Waals surface area contributed by atoms with Gasteiger partial charge in [-0.05, 0) is 0 Å². The van der Waals surface area contributed by atoms with Gasteiger partial charge in [-0.3, -0.25) is 0 Å². The molecule has 0 aliphatic carbocycles. The molecule has 3 radical (unpaired) electrons. The van der Waals surface area contributed by atoms with Gasteiger partial charge >= 0.3 is 103 Å². The van der Waals surface area contributed by atoms with Crippen LogP contribution >= 0.6 is 0 Å². The van der Waals surface area contributed by atoms with Crippen molar-refractivity contribution in [1.29, 1.82) is 21.0 Å². The maximum Gasteiger partial charge on any atom is 1.00 e. The molecule has 0 atom stereocenters. The standard InChI is InChI=1S/4CN.2K.Ni/c4*1-2;;;/q;;;-1;2*+1;. The second-order valence-corrected chi connectivity index (χ2v) is 0. The van der Waals surface area contributed by atoms with Gasteiger partial charge in [-0.25, -0.2) is 0 Å². The van der Waals surface area contributed by atoms with Gasteiger partial charge in [0.05, 0.1) is 0 Å². The van der Waals surface area contributed by atoms with Crippen molar-refractivity contribution in [2.24, 2.45) is 0 Å². The summed E-state index contributed by atoms with van der Waals surface area (Å²) < 4.78 is 0. The van der Waals surface area contributed by atoms with Gasteiger partial charge in [0.1, 0.15) is 0 Å². The predicted octanol–water partition coefficient (Wildman–Crippen LogP) is -5.61. The molecule has 0 saturated heterocycles. The minimum atomic E-state index is 0. The molecule has 0 aliphatic rings. The smallest absolute Gasteiger partial charge is 0.512 e. The molecule has 0 amide bonds. The quantitative estimate of drug-likeness (QED) is 0.312. The van der Waals surface area contributed by atoms with Gasteiger partial charge in [0, 0.05) is 16.5 Å². The molecule has 0 aromatic rings. The third kappa shape index (κ3) is 372. The molecule has 0 bridgehead atoms. The molecule has 0 saturated carbocycles. The van der Waals surface area contributed by atoms with Crippen molar-refractivity contribution < 1.29 is 119 Å². The van der Waals surface area contributed by atoms with E-state index in [1.54, 1.807) is 0 Å². The van der Waals surface area contributed by atoms with Crippen LogP contribution in [0.2, 0.25) is 0 Å². The van der Waals surface area contributed by atoms with Crippen LogP contribution in [0, 0.1) is 47.3 Å². The summed E-state index contributed by atoms with van der Waals surface area (Å²) in [5.74, 6) is 0. The zero-order valence-corrected chi connectivity index (χ0v) is 13.3. The van der Waals surface area contributed by atoms with E-state index in [9.17, 15) is 0 Å². The van der Waals surface area contributed by atoms with Crippen molar-refractivity contribution in [1.82, 2.24) is 0 Å². The van der Waals surface area contributed by atoms with Crippen molar-refractivity contribution in [2.45, 2.75) is 0 Å². The molecule has 0 aromatic carbocycles. The Kier molecular flexibility index (Phi) is 2200. The summed E-state index contributed by atoms with van der Waals surface area (Å²) in [6.07, 6.45) is 0. The molecule has 0 heterocycles. The number of hydrogen-bond acceptors (Lipinski definition) is 4. The first kappa shape index (κ1) is 53.4. The first-order valence-electron chi connectivity index (χ1n) is 0.894. The van der Waals surface area contributed by atoms with Crippen molar-refractivity contribution in [2.75, 3.05) is 0 Å². The Morgan fingerprint density at radius 1 is 0.636 bits per heavy atom. The van der Waals surface area contributed by atoms with Crippen LogP contribution in [0.4, 0.5) is 0 Å². The Bertz CT molecular complexity index is 63.1. The summed E-state index contributed by atoms with van der Waals surface area (Å²) in [7, 11) is 0. The normalized spacial score (nSPS) is 0.727. The number of hydrogen-bond donors (Lipinski definition) is 0. The second kappa shape index (κ2) is 453. The Morgan fingerprint density at radius 2 is 0.636 bits per heavy atom. The van der Waals surface area contributed by atoms with E-state index in [-0.39, 0.29) is 119 Å². The van der Waals surface area contributed by atoms with Gasteiger partial charge in [-0.2, -0.15) is 15.8 Å². The van der Waals surface area contributed by atoms with Crippen LogP contribution in [0.15, 0.2) is 0 Å². The molecule has 0 rings (SSSR count). The van der Waals surface area contributed by atoms with Crippen LogP contribution in [-0.4, -0.2) is 0 Å². The van der Waals surface area contributed by atoms with E-state index < -0.39 is 0 Å². The summed E-state index contributed by atoms with van der Waals surface area (Å²) in [5, 5.41) is 25.0. The summed E-state index contributed by atoms with van der Waals surface area (Å²) in [4.78, 5) is 0. The van der Waals surface area contributed by atoms with Crippen LogP contribution in [0.5, 0.6) is 0 Å². The van der Waals surface area contributed by atoms with E-state index in [0.717, 1.165) is 0 Å². The fourth-order valence-electron chi connectivity index (χ4n) is 0. The third-order valence-electron chi connectivity index (χ3n) is 0. The van der Waals surface area contributed by atoms with Gasteiger partial charge in [0.2, 0.25) is 0 Å². The van der Waals surface area contributed by atoms with E-state index >= 15 is 0 Å². The van der Waals surface area contributed by atoms with E-state index in [1.807, 2.05) is 0 Å². The molecular formula is C4K2N4Ni+. The van der Waals surface area contributed by atoms with Crippen LogP contribution in [-0.2, 0) is 16.5 Å². The van der Waals surface area contributed by atoms with Crippen molar-refractivity contribution in [3.05, 3.63) is 26.3 Å². The third-order valence-corrected chi connectivity index (χ3v) is 0. The number of nitrogens with zero attached hydrogens (tertiary/aromatic N) is 4. The molecule has 0 unspecified atom stereocenters. The summed E-state index contributed by atoms with van der Waals surface area (Å²) >= 11 is 0. The van der Waals surface area contributed by atoms with Crippen molar-refractivity contribution in [3.8, 4) is 0 Å². The van der Waals surface area contributed by atoms with Gasteiger partial charge < -0.3 is 11.8 Å². The minimum absolute atomic E-state index is 0. The first-order chi connectivity index (χ1) is 4.00. The zero-order chi connectivity index (χ0) is 8.00. The molecule has 7 heteroatoms. The molecule has 0 aliphatic heterocycles. The summed E-state index contributed by atoms with van der Waals surface area (Å²) in [6.45, 7) is 19.0. The summed E-state index contributed by atoms with van der Waals surface area (Å²) in [6, 6.07) is 0. The zero-order valence-electron chi connectivity index (χ0n) is 6.11. The predicted molar refractivity (Wildman–Crippen MR) is 19.9 cm³/mol. The van der Waals surface area contributed by atoms with E-state index in [1.165, 1.54) is 0 Å². The fourth-order valence-corrected chi connectivity index (χ4v) is 0. The van der Waals surface area contributed by atoms with Crippen LogP contribution in [0.25, 0.3) is 0 Å². The van der Waals surface area contributed by atoms with Gasteiger partial charge in [-0.15, -0.1) is 0 Å². The van der Waals surface area contributed by atoms with Crippen molar-refractivity contribution in [3.63, 3.8) is 0 Å². The Hall–Kier alpha value is 1.73. The fraction of sp³-hybridized carbons (Fsp3) is 0. The molecule has 0 aromatic heterocycles. The molecule has 11 heavy (non-hydrogen) atoms. The maximum atomic E-state index is 6.25. The topological polar surface area (TPSA) is 95.2 Å². The minimum Gasteiger partial charge on any atom is -0.512 e. The average molecular weight is 241 g/mol. The largest absolute Gasteiger partial charge is 1.00 e. The van der Waals surface area contributed by atoms with E-state index in [4.69, 9.17) is 47.3 Å². The number of rotatable bonds is 0. The Balaban J connectivity index is -0.00000000356. The maximum absolute atomic E-state index is 6.25.